The zero-order valence-electron chi connectivity index (χ0n) is 12.5. The van der Waals surface area contributed by atoms with Crippen LogP contribution in [0.5, 0.6) is 5.75 Å². The summed E-state index contributed by atoms with van der Waals surface area (Å²) in [5.41, 5.74) is 1.24. The summed E-state index contributed by atoms with van der Waals surface area (Å²) in [6.07, 6.45) is 0.783. The normalized spacial score (nSPS) is 11.1. The van der Waals surface area contributed by atoms with Crippen molar-refractivity contribution in [3.63, 3.8) is 0 Å². The highest BCUT2D eigenvalue weighted by atomic mass is 79.9. The molecule has 0 aromatic heterocycles. The number of amides is 2. The predicted molar refractivity (Wildman–Crippen MR) is 85.3 cm³/mol. The molecule has 5 heteroatoms. The van der Waals surface area contributed by atoms with Gasteiger partial charge in [-0.2, -0.15) is 0 Å². The molecule has 0 atom stereocenters. The van der Waals surface area contributed by atoms with Crippen molar-refractivity contribution in [1.29, 1.82) is 0 Å². The summed E-state index contributed by atoms with van der Waals surface area (Å²) in [6.45, 7) is 7.52. The number of hydrogen-bond donors (Lipinski definition) is 2. The second kappa shape index (κ2) is 7.53. The number of urea groups is 1. The van der Waals surface area contributed by atoms with E-state index in [1.165, 1.54) is 0 Å². The Bertz CT molecular complexity index is 456. The molecule has 0 aliphatic heterocycles. The minimum atomic E-state index is -0.118. The van der Waals surface area contributed by atoms with E-state index >= 15 is 0 Å². The number of rotatable bonds is 5. The second-order valence-corrected chi connectivity index (χ2v) is 6.74. The molecule has 4 nitrogen and oxygen atoms in total. The van der Waals surface area contributed by atoms with Gasteiger partial charge in [-0.25, -0.2) is 4.79 Å². The third-order valence-electron chi connectivity index (χ3n) is 2.69. The summed E-state index contributed by atoms with van der Waals surface area (Å²) in [6, 6.07) is 5.80. The molecule has 0 spiro atoms. The summed E-state index contributed by atoms with van der Waals surface area (Å²) in [5, 5.41) is 5.71. The lowest BCUT2D eigenvalue weighted by Gasteiger charge is -2.18. The van der Waals surface area contributed by atoms with Gasteiger partial charge in [-0.05, 0) is 45.5 Å². The quantitative estimate of drug-likeness (QED) is 0.862. The van der Waals surface area contributed by atoms with E-state index in [9.17, 15) is 4.79 Å². The van der Waals surface area contributed by atoms with Gasteiger partial charge in [0.15, 0.2) is 0 Å². The van der Waals surface area contributed by atoms with Gasteiger partial charge in [-0.15, -0.1) is 0 Å². The van der Waals surface area contributed by atoms with Gasteiger partial charge in [0.2, 0.25) is 0 Å². The molecule has 0 radical (unpaired) electrons. The smallest absolute Gasteiger partial charge is 0.314 e. The van der Waals surface area contributed by atoms with Crippen LogP contribution in [0.1, 0.15) is 26.3 Å². The first-order valence-corrected chi connectivity index (χ1v) is 7.45. The van der Waals surface area contributed by atoms with Crippen LogP contribution in [0.3, 0.4) is 0 Å². The van der Waals surface area contributed by atoms with Crippen LogP contribution in [0.2, 0.25) is 0 Å². The topological polar surface area (TPSA) is 50.4 Å². The van der Waals surface area contributed by atoms with E-state index in [0.717, 1.165) is 22.2 Å². The molecule has 0 saturated carbocycles. The van der Waals surface area contributed by atoms with E-state index in [0.29, 0.717) is 13.1 Å². The molecule has 0 aliphatic carbocycles. The molecule has 112 valence electrons. The van der Waals surface area contributed by atoms with E-state index in [2.05, 4.69) is 47.3 Å². The van der Waals surface area contributed by atoms with Gasteiger partial charge in [-0.1, -0.05) is 26.8 Å². The third-order valence-corrected chi connectivity index (χ3v) is 3.31. The number of hydrogen-bond acceptors (Lipinski definition) is 2. The average molecular weight is 343 g/mol. The molecule has 20 heavy (non-hydrogen) atoms. The molecule has 0 fully saturated rings. The van der Waals surface area contributed by atoms with Crippen LogP contribution in [-0.4, -0.2) is 26.2 Å². The van der Waals surface area contributed by atoms with Gasteiger partial charge in [0, 0.05) is 13.1 Å². The van der Waals surface area contributed by atoms with Crippen LogP contribution in [0.4, 0.5) is 4.79 Å². The van der Waals surface area contributed by atoms with Crippen molar-refractivity contribution >= 4 is 22.0 Å². The zero-order valence-corrected chi connectivity index (χ0v) is 14.1. The van der Waals surface area contributed by atoms with E-state index in [1.54, 1.807) is 7.11 Å². The minimum Gasteiger partial charge on any atom is -0.496 e. The van der Waals surface area contributed by atoms with Crippen molar-refractivity contribution in [3.8, 4) is 5.75 Å². The summed E-state index contributed by atoms with van der Waals surface area (Å²) in [5.74, 6) is 0.810. The first-order chi connectivity index (χ1) is 9.31. The van der Waals surface area contributed by atoms with Crippen molar-refractivity contribution in [1.82, 2.24) is 10.6 Å². The Morgan fingerprint density at radius 2 is 2.00 bits per heavy atom. The van der Waals surface area contributed by atoms with Crippen LogP contribution >= 0.6 is 15.9 Å². The van der Waals surface area contributed by atoms with Crippen molar-refractivity contribution in [2.75, 3.05) is 20.2 Å². The molecule has 0 aliphatic rings. The lowest BCUT2D eigenvalue weighted by molar-refractivity contribution is 0.235. The van der Waals surface area contributed by atoms with Crippen molar-refractivity contribution in [2.24, 2.45) is 5.41 Å². The number of methoxy groups -OCH3 is 1. The van der Waals surface area contributed by atoms with Gasteiger partial charge in [-0.3, -0.25) is 0 Å². The highest BCUT2D eigenvalue weighted by molar-refractivity contribution is 9.10. The minimum absolute atomic E-state index is 0.0954. The fraction of sp³-hybridized carbons (Fsp3) is 0.533. The molecule has 0 heterocycles. The monoisotopic (exact) mass is 342 g/mol. The molecule has 0 saturated heterocycles. The van der Waals surface area contributed by atoms with Gasteiger partial charge in [0.1, 0.15) is 5.75 Å². The van der Waals surface area contributed by atoms with Crippen molar-refractivity contribution in [3.05, 3.63) is 28.2 Å². The third kappa shape index (κ3) is 6.28. The number of halogens is 1. The number of carbonyl (C=O) groups excluding carboxylic acids is 1. The van der Waals surface area contributed by atoms with Gasteiger partial charge in [0.05, 0.1) is 11.6 Å². The van der Waals surface area contributed by atoms with Gasteiger partial charge >= 0.3 is 6.03 Å². The fourth-order valence-corrected chi connectivity index (χ4v) is 2.18. The molecule has 1 aromatic rings. The Hall–Kier alpha value is -1.23. The first-order valence-electron chi connectivity index (χ1n) is 6.66. The number of ether oxygens (including phenoxy) is 1. The van der Waals surface area contributed by atoms with E-state index in [1.807, 2.05) is 18.2 Å². The van der Waals surface area contributed by atoms with Crippen LogP contribution < -0.4 is 15.4 Å². The Morgan fingerprint density at radius 1 is 1.30 bits per heavy atom. The van der Waals surface area contributed by atoms with E-state index < -0.39 is 0 Å². The maximum absolute atomic E-state index is 11.6. The van der Waals surface area contributed by atoms with Gasteiger partial charge in [0.25, 0.3) is 0 Å². The molecule has 2 amide bonds. The standard InChI is InChI=1S/C15H23BrN2O2/c1-15(2,3)10-18-14(19)17-8-7-11-5-6-13(20-4)12(16)9-11/h5-6,9H,7-8,10H2,1-4H3,(H2,17,18,19). The Morgan fingerprint density at radius 3 is 2.55 bits per heavy atom. The molecule has 2 N–H and O–H groups in total. The van der Waals surface area contributed by atoms with Crippen LogP contribution in [0.15, 0.2) is 22.7 Å². The first kappa shape index (κ1) is 16.8. The van der Waals surface area contributed by atoms with Crippen LogP contribution in [0, 0.1) is 5.41 Å². The number of benzene rings is 1. The molecule has 0 unspecified atom stereocenters. The number of nitrogens with one attached hydrogen (secondary N) is 2. The zero-order chi connectivity index (χ0) is 15.2. The van der Waals surface area contributed by atoms with Crippen molar-refractivity contribution in [2.45, 2.75) is 27.2 Å². The maximum atomic E-state index is 11.6. The highest BCUT2D eigenvalue weighted by Gasteiger charge is 2.11. The Balaban J connectivity index is 2.34. The largest absolute Gasteiger partial charge is 0.496 e. The summed E-state index contributed by atoms with van der Waals surface area (Å²) in [7, 11) is 1.64. The van der Waals surface area contributed by atoms with Crippen molar-refractivity contribution < 1.29 is 9.53 Å². The highest BCUT2D eigenvalue weighted by Crippen LogP contribution is 2.25. The van der Waals surface area contributed by atoms with Gasteiger partial charge < -0.3 is 15.4 Å². The summed E-state index contributed by atoms with van der Waals surface area (Å²) >= 11 is 3.45. The summed E-state index contributed by atoms with van der Waals surface area (Å²) in [4.78, 5) is 11.6. The lowest BCUT2D eigenvalue weighted by Crippen LogP contribution is -2.40. The van der Waals surface area contributed by atoms with Crippen LogP contribution in [0.25, 0.3) is 0 Å². The Labute approximate surface area is 129 Å². The fourth-order valence-electron chi connectivity index (χ4n) is 1.59. The summed E-state index contributed by atoms with van der Waals surface area (Å²) < 4.78 is 6.11. The van der Waals surface area contributed by atoms with E-state index in [-0.39, 0.29) is 11.4 Å². The Kier molecular flexibility index (Phi) is 6.33. The maximum Gasteiger partial charge on any atom is 0.314 e. The SMILES string of the molecule is COc1ccc(CCNC(=O)NCC(C)(C)C)cc1Br. The second-order valence-electron chi connectivity index (χ2n) is 5.89. The molecule has 1 rings (SSSR count). The molecule has 0 bridgehead atoms. The van der Waals surface area contributed by atoms with E-state index in [4.69, 9.17) is 4.74 Å². The number of carbonyl (C=O) groups is 1. The molecular formula is C15H23BrN2O2. The molecule has 1 aromatic carbocycles. The lowest BCUT2D eigenvalue weighted by atomic mass is 9.97. The average Bonchev–Trinajstić information content (AvgIpc) is 2.36. The molecular weight excluding hydrogens is 320 g/mol. The van der Waals surface area contributed by atoms with Crippen LogP contribution in [-0.2, 0) is 6.42 Å². The predicted octanol–water partition coefficient (Wildman–Crippen LogP) is 3.35.